The quantitative estimate of drug-likeness (QED) is 0.761. The van der Waals surface area contributed by atoms with Crippen LogP contribution in [0.2, 0.25) is 0 Å². The van der Waals surface area contributed by atoms with Crippen LogP contribution in [-0.4, -0.2) is 51.6 Å². The molecular formula is C19H20F3N5O3. The molecule has 0 saturated carbocycles. The molecule has 1 fully saturated rings. The van der Waals surface area contributed by atoms with E-state index in [0.717, 1.165) is 12.3 Å². The number of carbonyl (C=O) groups excluding carboxylic acids is 1. The van der Waals surface area contributed by atoms with Crippen LogP contribution in [0, 0.1) is 12.8 Å². The van der Waals surface area contributed by atoms with Gasteiger partial charge in [-0.15, -0.1) is 0 Å². The molecule has 3 rings (SSSR count). The van der Waals surface area contributed by atoms with E-state index >= 15 is 0 Å². The number of pyridine rings is 1. The van der Waals surface area contributed by atoms with Gasteiger partial charge in [-0.3, -0.25) is 4.79 Å². The van der Waals surface area contributed by atoms with E-state index in [0.29, 0.717) is 38.0 Å². The number of hydrogen-bond acceptors (Lipinski definition) is 6. The number of carbonyl (C=O) groups is 2. The number of halogens is 3. The van der Waals surface area contributed by atoms with Crippen LogP contribution >= 0.6 is 0 Å². The maximum atomic E-state index is 12.8. The molecule has 1 aliphatic heterocycles. The zero-order valence-corrected chi connectivity index (χ0v) is 16.1. The van der Waals surface area contributed by atoms with Crippen molar-refractivity contribution in [2.45, 2.75) is 25.9 Å². The highest BCUT2D eigenvalue weighted by Gasteiger charge is 2.33. The smallest absolute Gasteiger partial charge is 0.433 e. The number of carboxylic acid groups (broad SMARTS) is 1. The zero-order valence-electron chi connectivity index (χ0n) is 16.1. The molecule has 11 heteroatoms. The highest BCUT2D eigenvalue weighted by molar-refractivity contribution is 5.95. The predicted molar refractivity (Wildman–Crippen MR) is 100 cm³/mol. The molecule has 0 radical (unpaired) electrons. The van der Waals surface area contributed by atoms with Gasteiger partial charge in [0.15, 0.2) is 5.69 Å². The van der Waals surface area contributed by atoms with E-state index in [1.165, 1.54) is 12.3 Å². The summed E-state index contributed by atoms with van der Waals surface area (Å²) in [5, 5.41) is 11.8. The van der Waals surface area contributed by atoms with Gasteiger partial charge in [-0.1, -0.05) is 0 Å². The molecule has 0 unspecified atom stereocenters. The lowest BCUT2D eigenvalue weighted by molar-refractivity contribution is -0.141. The molecule has 2 aromatic heterocycles. The molecule has 0 aliphatic carbocycles. The van der Waals surface area contributed by atoms with Crippen molar-refractivity contribution in [3.63, 3.8) is 0 Å². The van der Waals surface area contributed by atoms with Crippen LogP contribution in [0.25, 0.3) is 0 Å². The van der Waals surface area contributed by atoms with E-state index in [9.17, 15) is 22.8 Å². The highest BCUT2D eigenvalue weighted by Crippen LogP contribution is 2.29. The van der Waals surface area contributed by atoms with E-state index < -0.39 is 17.8 Å². The van der Waals surface area contributed by atoms with Crippen molar-refractivity contribution in [2.75, 3.05) is 24.5 Å². The Morgan fingerprint density at radius 1 is 1.27 bits per heavy atom. The third kappa shape index (κ3) is 5.02. The number of nitrogens with zero attached hydrogens (tertiary/aromatic N) is 4. The fraction of sp³-hybridized carbons (Fsp3) is 0.421. The number of aromatic carboxylic acids is 1. The first-order chi connectivity index (χ1) is 14.1. The summed E-state index contributed by atoms with van der Waals surface area (Å²) < 4.78 is 38.5. The van der Waals surface area contributed by atoms with Gasteiger partial charge in [0.2, 0.25) is 5.95 Å². The van der Waals surface area contributed by atoms with Crippen molar-refractivity contribution in [1.82, 2.24) is 20.3 Å². The summed E-state index contributed by atoms with van der Waals surface area (Å²) >= 11 is 0. The summed E-state index contributed by atoms with van der Waals surface area (Å²) in [5.41, 5.74) is -0.410. The maximum Gasteiger partial charge on any atom is 0.433 e. The number of hydrogen-bond donors (Lipinski definition) is 2. The lowest BCUT2D eigenvalue weighted by atomic mass is 9.97. The van der Waals surface area contributed by atoms with Crippen molar-refractivity contribution < 1.29 is 27.9 Å². The van der Waals surface area contributed by atoms with Gasteiger partial charge < -0.3 is 15.3 Å². The molecule has 0 spiro atoms. The first-order valence-corrected chi connectivity index (χ1v) is 9.28. The number of alkyl halides is 3. The average Bonchev–Trinajstić information content (AvgIpc) is 2.71. The molecule has 8 nitrogen and oxygen atoms in total. The van der Waals surface area contributed by atoms with E-state index in [2.05, 4.69) is 20.3 Å². The number of piperidine rings is 1. The van der Waals surface area contributed by atoms with E-state index in [-0.39, 0.29) is 29.0 Å². The number of anilines is 1. The Labute approximate surface area is 170 Å². The first kappa shape index (κ1) is 21.5. The topological polar surface area (TPSA) is 108 Å². The Balaban J connectivity index is 1.52. The van der Waals surface area contributed by atoms with Gasteiger partial charge in [0.25, 0.3) is 5.91 Å². The minimum absolute atomic E-state index is 0.0485. The molecule has 160 valence electrons. The van der Waals surface area contributed by atoms with Gasteiger partial charge >= 0.3 is 12.1 Å². The van der Waals surface area contributed by atoms with Crippen LogP contribution < -0.4 is 10.2 Å². The Morgan fingerprint density at radius 2 is 1.97 bits per heavy atom. The summed E-state index contributed by atoms with van der Waals surface area (Å²) in [6.45, 7) is 2.93. The molecule has 1 aliphatic rings. The zero-order chi connectivity index (χ0) is 21.9. The average molecular weight is 423 g/mol. The number of aryl methyl sites for hydroxylation is 1. The number of nitrogens with one attached hydrogen (secondary N) is 1. The molecule has 2 aromatic rings. The van der Waals surface area contributed by atoms with Crippen LogP contribution in [0.5, 0.6) is 0 Å². The van der Waals surface area contributed by atoms with E-state index in [1.807, 2.05) is 0 Å². The number of amides is 1. The predicted octanol–water partition coefficient (Wildman–Crippen LogP) is 2.54. The second-order valence-corrected chi connectivity index (χ2v) is 7.07. The molecule has 30 heavy (non-hydrogen) atoms. The standard InChI is InChI=1S/C19H20F3N5O3/c1-11-8-13(10-24-15(11)17(29)30)16(28)25-9-12-3-6-27(7-4-12)18-23-5-2-14(26-18)19(20,21)22/h2,5,8,10,12H,3-4,6-7,9H2,1H3,(H,25,28)(H,29,30). The SMILES string of the molecule is Cc1cc(C(=O)NCC2CCN(c3nccc(C(F)(F)F)n3)CC2)cnc1C(=O)O. The Hall–Kier alpha value is -3.24. The van der Waals surface area contributed by atoms with Crippen LogP contribution in [0.4, 0.5) is 19.1 Å². The third-order valence-corrected chi connectivity index (χ3v) is 4.92. The monoisotopic (exact) mass is 423 g/mol. The fourth-order valence-corrected chi connectivity index (χ4v) is 3.26. The molecule has 1 saturated heterocycles. The van der Waals surface area contributed by atoms with Gasteiger partial charge in [0.05, 0.1) is 5.56 Å². The summed E-state index contributed by atoms with van der Waals surface area (Å²) in [6.07, 6.45) is -0.872. The van der Waals surface area contributed by atoms with Gasteiger partial charge in [-0.25, -0.2) is 19.7 Å². The van der Waals surface area contributed by atoms with Crippen molar-refractivity contribution in [2.24, 2.45) is 5.92 Å². The van der Waals surface area contributed by atoms with E-state index in [4.69, 9.17) is 5.11 Å². The van der Waals surface area contributed by atoms with Gasteiger partial charge in [-0.2, -0.15) is 13.2 Å². The lowest BCUT2D eigenvalue weighted by Gasteiger charge is -2.32. The number of aromatic nitrogens is 3. The maximum absolute atomic E-state index is 12.8. The second kappa shape index (κ2) is 8.64. The van der Waals surface area contributed by atoms with Crippen LogP contribution in [0.1, 0.15) is 44.9 Å². The van der Waals surface area contributed by atoms with Gasteiger partial charge in [-0.05, 0) is 43.4 Å². The molecule has 0 aromatic carbocycles. The summed E-state index contributed by atoms with van der Waals surface area (Å²) in [5.74, 6) is -1.31. The summed E-state index contributed by atoms with van der Waals surface area (Å²) in [7, 11) is 0. The Bertz CT molecular complexity index is 943. The minimum atomic E-state index is -4.52. The molecule has 1 amide bonds. The third-order valence-electron chi connectivity index (χ3n) is 4.92. The molecule has 2 N–H and O–H groups in total. The number of carboxylic acids is 1. The lowest BCUT2D eigenvalue weighted by Crippen LogP contribution is -2.39. The normalized spacial score (nSPS) is 15.1. The molecule has 0 atom stereocenters. The molecule has 0 bridgehead atoms. The fourth-order valence-electron chi connectivity index (χ4n) is 3.26. The highest BCUT2D eigenvalue weighted by atomic mass is 19.4. The van der Waals surface area contributed by atoms with Crippen LogP contribution in [0.3, 0.4) is 0 Å². The Morgan fingerprint density at radius 3 is 2.57 bits per heavy atom. The largest absolute Gasteiger partial charge is 0.477 e. The van der Waals surface area contributed by atoms with Crippen LogP contribution in [-0.2, 0) is 6.18 Å². The Kier molecular flexibility index (Phi) is 6.18. The van der Waals surface area contributed by atoms with Crippen molar-refractivity contribution in [3.8, 4) is 0 Å². The van der Waals surface area contributed by atoms with Crippen molar-refractivity contribution in [3.05, 3.63) is 47.0 Å². The molecule has 3 heterocycles. The first-order valence-electron chi connectivity index (χ1n) is 9.28. The minimum Gasteiger partial charge on any atom is -0.477 e. The number of rotatable bonds is 5. The van der Waals surface area contributed by atoms with Gasteiger partial charge in [0.1, 0.15) is 5.69 Å². The second-order valence-electron chi connectivity index (χ2n) is 7.07. The summed E-state index contributed by atoms with van der Waals surface area (Å²) in [6, 6.07) is 2.31. The van der Waals surface area contributed by atoms with E-state index in [1.54, 1.807) is 11.8 Å². The summed E-state index contributed by atoms with van der Waals surface area (Å²) in [4.78, 5) is 36.3. The van der Waals surface area contributed by atoms with Gasteiger partial charge in [0, 0.05) is 32.0 Å². The molecular weight excluding hydrogens is 403 g/mol. The van der Waals surface area contributed by atoms with Crippen LogP contribution in [0.15, 0.2) is 24.5 Å². The van der Waals surface area contributed by atoms with Crippen molar-refractivity contribution >= 4 is 17.8 Å². The van der Waals surface area contributed by atoms with Crippen molar-refractivity contribution in [1.29, 1.82) is 0 Å².